The zero-order valence-electron chi connectivity index (χ0n) is 30.6. The molecule has 0 radical (unpaired) electrons. The predicted octanol–water partition coefficient (Wildman–Crippen LogP) is 4.15. The Morgan fingerprint density at radius 2 is 1.89 bits per heavy atom. The second-order valence-electron chi connectivity index (χ2n) is 15.3. The largest absolute Gasteiger partial charge is 0.504 e. The number of hydrogen-bond acceptors (Lipinski definition) is 13. The number of nitrogens with zero attached hydrogens (tertiary/aromatic N) is 1. The number of carbonyl (C=O) groups excluding carboxylic acids is 2. The average Bonchev–Trinajstić information content (AvgIpc) is 3.79. The molecule has 0 saturated carbocycles. The molecule has 2 fully saturated rings. The van der Waals surface area contributed by atoms with E-state index in [1.807, 2.05) is 24.8 Å². The van der Waals surface area contributed by atoms with Crippen molar-refractivity contribution >= 4 is 34.6 Å². The molecule has 4 bridgehead atoms. The number of thioether (sulfide) groups is 1. The first-order chi connectivity index (χ1) is 26.0. The fourth-order valence-corrected chi connectivity index (χ4v) is 11.9. The van der Waals surface area contributed by atoms with Crippen molar-refractivity contribution in [1.29, 1.82) is 0 Å². The molecule has 0 amide bonds. The van der Waals surface area contributed by atoms with Crippen molar-refractivity contribution in [2.45, 2.75) is 81.7 Å². The lowest BCUT2D eigenvalue weighted by Crippen LogP contribution is -2.69. The molecule has 0 aliphatic carbocycles. The van der Waals surface area contributed by atoms with Crippen molar-refractivity contribution in [3.05, 3.63) is 74.5 Å². The number of aromatic nitrogens is 1. The molecule has 2 saturated heterocycles. The second kappa shape index (κ2) is 12.0. The number of hydrogen-bond donors (Lipinski definition) is 5. The number of ether oxygens (including phenoxy) is 5. The Morgan fingerprint density at radius 1 is 1.07 bits per heavy atom. The van der Waals surface area contributed by atoms with Crippen molar-refractivity contribution in [1.82, 2.24) is 20.5 Å². The average molecular weight is 755 g/mol. The van der Waals surface area contributed by atoms with Crippen LogP contribution in [-0.2, 0) is 32.7 Å². The third kappa shape index (κ3) is 4.54. The number of aliphatic hydroxyl groups excluding tert-OH is 1. The summed E-state index contributed by atoms with van der Waals surface area (Å²) in [5, 5.41) is 32.2. The summed E-state index contributed by atoms with van der Waals surface area (Å²) in [7, 11) is 1.54. The number of benzene rings is 3. The van der Waals surface area contributed by atoms with Gasteiger partial charge >= 0.3 is 11.9 Å². The molecule has 8 heterocycles. The Balaban J connectivity index is 1.23. The summed E-state index contributed by atoms with van der Waals surface area (Å²) in [6.45, 7) is 7.57. The molecule has 282 valence electrons. The van der Waals surface area contributed by atoms with Gasteiger partial charge in [-0.2, -0.15) is 0 Å². The van der Waals surface area contributed by atoms with Gasteiger partial charge in [-0.1, -0.05) is 17.7 Å². The summed E-state index contributed by atoms with van der Waals surface area (Å²) in [5.74, 6) is 1.07. The summed E-state index contributed by atoms with van der Waals surface area (Å²) in [6.07, 6.45) is 0.163. The zero-order valence-corrected chi connectivity index (χ0v) is 31.4. The van der Waals surface area contributed by atoms with Crippen LogP contribution in [0.2, 0.25) is 0 Å². The maximum Gasteiger partial charge on any atom is 0.333 e. The van der Waals surface area contributed by atoms with Gasteiger partial charge in [-0.05, 0) is 62.4 Å². The van der Waals surface area contributed by atoms with E-state index in [0.29, 0.717) is 52.7 Å². The van der Waals surface area contributed by atoms with E-state index in [1.165, 1.54) is 18.7 Å². The fraction of sp³-hybridized carbons (Fsp3) is 0.450. The van der Waals surface area contributed by atoms with E-state index in [2.05, 4.69) is 40.7 Å². The van der Waals surface area contributed by atoms with Gasteiger partial charge in [0.25, 0.3) is 0 Å². The molecule has 1 spiro atoms. The Hall–Kier alpha value is -4.47. The molecule has 4 aromatic rings. The van der Waals surface area contributed by atoms with Crippen LogP contribution in [-0.4, -0.2) is 83.2 Å². The van der Waals surface area contributed by atoms with Crippen LogP contribution < -0.4 is 29.6 Å². The first-order valence-electron chi connectivity index (χ1n) is 18.4. The Kier molecular flexibility index (Phi) is 7.58. The number of aromatic hydroxyl groups is 1. The van der Waals surface area contributed by atoms with Crippen molar-refractivity contribution in [2.75, 3.05) is 32.8 Å². The van der Waals surface area contributed by atoms with Gasteiger partial charge in [0.1, 0.15) is 18.6 Å². The molecule has 14 heteroatoms. The topological polar surface area (TPSA) is 164 Å². The molecule has 7 aliphatic heterocycles. The first-order valence-corrected chi connectivity index (χ1v) is 19.5. The molecule has 1 aromatic heterocycles. The Bertz CT molecular complexity index is 2310. The molecule has 3 aromatic carbocycles. The van der Waals surface area contributed by atoms with E-state index in [4.69, 9.17) is 23.7 Å². The number of aliphatic hydroxyl groups is 1. The predicted molar refractivity (Wildman–Crippen MR) is 198 cm³/mol. The molecule has 11 rings (SSSR count). The number of H-pyrrole nitrogens is 1. The van der Waals surface area contributed by atoms with Gasteiger partial charge in [-0.3, -0.25) is 15.0 Å². The number of fused-ring (bicyclic) bond motifs is 11. The summed E-state index contributed by atoms with van der Waals surface area (Å²) in [6, 6.07) is 6.11. The van der Waals surface area contributed by atoms with Crippen LogP contribution in [0.1, 0.15) is 74.5 Å². The minimum Gasteiger partial charge on any atom is -0.504 e. The van der Waals surface area contributed by atoms with Gasteiger partial charge < -0.3 is 44.2 Å². The highest BCUT2D eigenvalue weighted by atomic mass is 32.2. The van der Waals surface area contributed by atoms with Crippen molar-refractivity contribution < 1.29 is 43.5 Å². The lowest BCUT2D eigenvalue weighted by molar-refractivity contribution is -0.164. The smallest absolute Gasteiger partial charge is 0.333 e. The summed E-state index contributed by atoms with van der Waals surface area (Å²) >= 11 is 1.53. The molecule has 3 unspecified atom stereocenters. The Labute approximate surface area is 315 Å². The molecular weight excluding hydrogens is 713 g/mol. The van der Waals surface area contributed by atoms with E-state index < -0.39 is 53.1 Å². The van der Waals surface area contributed by atoms with Crippen molar-refractivity contribution in [3.8, 4) is 28.7 Å². The van der Waals surface area contributed by atoms with E-state index >= 15 is 0 Å². The van der Waals surface area contributed by atoms with Crippen LogP contribution in [0.15, 0.2) is 24.3 Å². The summed E-state index contributed by atoms with van der Waals surface area (Å²) in [4.78, 5) is 33.3. The third-order valence-electron chi connectivity index (χ3n) is 12.4. The highest BCUT2D eigenvalue weighted by molar-refractivity contribution is 7.99. The summed E-state index contributed by atoms with van der Waals surface area (Å²) in [5.41, 5.74) is 7.13. The number of phenolic OH excluding ortho intramolecular Hbond substituents is 1. The maximum atomic E-state index is 14.8. The van der Waals surface area contributed by atoms with E-state index in [-0.39, 0.29) is 24.9 Å². The molecular formula is C40H42N4O9S. The van der Waals surface area contributed by atoms with Crippen LogP contribution in [0.4, 0.5) is 0 Å². The SMILES string of the molecule is COc1c(C)cc2c(c1O)C1NC(C2)[C@H](O)N2C1[C@@H]1SC[C@]3(NCCc4c3[nH]c3ccc(C)cc43)C(=O)OC[C@H]2c2c3c(c(C)c(OC(C)=O)c21)OCO3. The lowest BCUT2D eigenvalue weighted by atomic mass is 9.74. The number of esters is 2. The number of rotatable bonds is 2. The minimum absolute atomic E-state index is 0.0364. The molecule has 7 aliphatic rings. The van der Waals surface area contributed by atoms with Gasteiger partial charge in [0.2, 0.25) is 6.79 Å². The van der Waals surface area contributed by atoms with Gasteiger partial charge in [0.15, 0.2) is 28.5 Å². The monoisotopic (exact) mass is 754 g/mol. The summed E-state index contributed by atoms with van der Waals surface area (Å²) < 4.78 is 30.5. The quantitative estimate of drug-likeness (QED) is 0.147. The molecule has 7 atom stereocenters. The minimum atomic E-state index is -1.24. The second-order valence-corrected chi connectivity index (χ2v) is 16.5. The van der Waals surface area contributed by atoms with Crippen LogP contribution >= 0.6 is 11.8 Å². The number of piperazine rings is 1. The van der Waals surface area contributed by atoms with Crippen LogP contribution in [0.3, 0.4) is 0 Å². The van der Waals surface area contributed by atoms with Gasteiger partial charge in [-0.25, -0.2) is 4.79 Å². The number of nitrogens with one attached hydrogen (secondary N) is 3. The number of aromatic amines is 1. The van der Waals surface area contributed by atoms with Crippen LogP contribution in [0.5, 0.6) is 28.7 Å². The van der Waals surface area contributed by atoms with Gasteiger partial charge in [-0.15, -0.1) is 11.8 Å². The standard InChI is InChI=1S/C40H42N4O9S/c1-16-6-7-23-22(10-16)21-8-9-41-40(37(21)43-23)14-54-36-28-27(35-34(51-15-52-35)18(3)33(28)53-19(4)45)25(13-50-39(40)48)44-30(36)29-26-20(12-24(42-29)38(44)47)11-17(2)32(49-5)31(26)46/h6-7,10-11,24-25,29-30,36,38,41-43,46-47H,8-9,12-15H2,1-5H3/t24?,25-,29?,30?,36+,38-,40+/m0/s1. The van der Waals surface area contributed by atoms with E-state index in [0.717, 1.165) is 50.8 Å². The highest BCUT2D eigenvalue weighted by Gasteiger charge is 2.60. The van der Waals surface area contributed by atoms with Crippen LogP contribution in [0, 0.1) is 20.8 Å². The van der Waals surface area contributed by atoms with E-state index in [9.17, 15) is 19.8 Å². The maximum absolute atomic E-state index is 14.8. The van der Waals surface area contributed by atoms with Gasteiger partial charge in [0, 0.05) is 58.4 Å². The third-order valence-corrected chi connectivity index (χ3v) is 13.8. The zero-order chi connectivity index (χ0) is 37.4. The van der Waals surface area contributed by atoms with Crippen LogP contribution in [0.25, 0.3) is 10.9 Å². The Morgan fingerprint density at radius 3 is 2.69 bits per heavy atom. The number of carbonyl (C=O) groups is 2. The molecule has 13 nitrogen and oxygen atoms in total. The number of methoxy groups -OCH3 is 1. The number of aryl methyl sites for hydroxylation is 2. The van der Waals surface area contributed by atoms with E-state index in [1.54, 1.807) is 7.11 Å². The van der Waals surface area contributed by atoms with Gasteiger partial charge in [0.05, 0.1) is 36.2 Å². The highest BCUT2D eigenvalue weighted by Crippen LogP contribution is 2.63. The molecule has 5 N–H and O–H groups in total. The first kappa shape index (κ1) is 34.1. The molecule has 54 heavy (non-hydrogen) atoms. The normalized spacial score (nSPS) is 29.3. The van der Waals surface area contributed by atoms with Crippen molar-refractivity contribution in [3.63, 3.8) is 0 Å². The number of phenols is 1. The lowest BCUT2D eigenvalue weighted by Gasteiger charge is -2.59. The van der Waals surface area contributed by atoms with Crippen molar-refractivity contribution in [2.24, 2.45) is 0 Å². The fourth-order valence-electron chi connectivity index (χ4n) is 10.2.